The first kappa shape index (κ1) is 23.4. The molecule has 1 aromatic carbocycles. The number of H-pyrrole nitrogens is 1. The summed E-state index contributed by atoms with van der Waals surface area (Å²) >= 11 is 0. The van der Waals surface area contributed by atoms with Crippen LogP contribution in [0.15, 0.2) is 35.1 Å². The van der Waals surface area contributed by atoms with Crippen molar-refractivity contribution in [2.45, 2.75) is 45.7 Å². The first-order chi connectivity index (χ1) is 16.0. The topological polar surface area (TPSA) is 139 Å². The van der Waals surface area contributed by atoms with Gasteiger partial charge in [0.2, 0.25) is 0 Å². The van der Waals surface area contributed by atoms with Crippen LogP contribution in [0.4, 0.5) is 5.82 Å². The first-order valence-corrected chi connectivity index (χ1v) is 11.0. The van der Waals surface area contributed by atoms with E-state index in [1.807, 2.05) is 32.0 Å². The lowest BCUT2D eigenvalue weighted by molar-refractivity contribution is 0.0927. The fourth-order valence-corrected chi connectivity index (χ4v) is 3.63. The number of imidazole rings is 1. The summed E-state index contributed by atoms with van der Waals surface area (Å²) in [5, 5.41) is 7.05. The molecule has 0 spiro atoms. The van der Waals surface area contributed by atoms with Gasteiger partial charge in [-0.3, -0.25) is 4.79 Å². The molecule has 0 bridgehead atoms. The summed E-state index contributed by atoms with van der Waals surface area (Å²) in [6.45, 7) is 8.77. The Hall–Kier alpha value is -3.79. The lowest BCUT2D eigenvalue weighted by Crippen LogP contribution is -2.29. The van der Waals surface area contributed by atoms with Gasteiger partial charge in [-0.05, 0) is 44.1 Å². The van der Waals surface area contributed by atoms with E-state index in [0.717, 1.165) is 11.0 Å². The standard InChI is InChI=1S/C24H30N8O2/c1-13(28-23(33)20-15(11-32(5)6)21(25)27-12-26-20)19-10-18(31-34-19)22-29-16-8-7-14(24(2,3)4)9-17(16)30-22/h7-10,12-13H,11H2,1-6H3,(H,28,33)(H,29,30)(H2,25,26,27)/t13-/m1/s1. The van der Waals surface area contributed by atoms with E-state index in [0.29, 0.717) is 29.4 Å². The minimum atomic E-state index is -0.450. The molecule has 3 aromatic heterocycles. The van der Waals surface area contributed by atoms with Crippen LogP contribution in [0.2, 0.25) is 0 Å². The zero-order valence-electron chi connectivity index (χ0n) is 20.3. The third-order valence-corrected chi connectivity index (χ3v) is 5.56. The van der Waals surface area contributed by atoms with Gasteiger partial charge in [0.05, 0.1) is 17.1 Å². The number of rotatable bonds is 6. The van der Waals surface area contributed by atoms with Crippen LogP contribution in [0.1, 0.15) is 61.1 Å². The van der Waals surface area contributed by atoms with E-state index in [9.17, 15) is 4.79 Å². The second kappa shape index (κ2) is 8.86. The van der Waals surface area contributed by atoms with E-state index in [1.165, 1.54) is 11.9 Å². The lowest BCUT2D eigenvalue weighted by Gasteiger charge is -2.18. The summed E-state index contributed by atoms with van der Waals surface area (Å²) in [5.41, 5.74) is 10.4. The number of nitrogen functional groups attached to an aromatic ring is 1. The minimum absolute atomic E-state index is 0.0366. The molecule has 1 atom stereocenters. The van der Waals surface area contributed by atoms with Gasteiger partial charge < -0.3 is 25.5 Å². The number of amides is 1. The van der Waals surface area contributed by atoms with Crippen LogP contribution < -0.4 is 11.1 Å². The van der Waals surface area contributed by atoms with Gasteiger partial charge in [-0.25, -0.2) is 15.0 Å². The Morgan fingerprint density at radius 1 is 1.24 bits per heavy atom. The number of aromatic amines is 1. The molecule has 0 saturated carbocycles. The molecule has 0 saturated heterocycles. The second-order valence-electron chi connectivity index (χ2n) is 9.70. The van der Waals surface area contributed by atoms with Crippen LogP contribution in [0.3, 0.4) is 0 Å². The molecule has 0 aliphatic carbocycles. The molecular weight excluding hydrogens is 432 g/mol. The van der Waals surface area contributed by atoms with Crippen molar-refractivity contribution in [3.8, 4) is 11.5 Å². The van der Waals surface area contributed by atoms with Gasteiger partial charge in [0.25, 0.3) is 5.91 Å². The van der Waals surface area contributed by atoms with Crippen molar-refractivity contribution in [1.29, 1.82) is 0 Å². The minimum Gasteiger partial charge on any atom is -0.383 e. The Bertz CT molecular complexity index is 1330. The molecule has 0 aliphatic heterocycles. The number of aromatic nitrogens is 5. The van der Waals surface area contributed by atoms with Gasteiger partial charge in [-0.1, -0.05) is 32.0 Å². The Labute approximate surface area is 198 Å². The van der Waals surface area contributed by atoms with Crippen LogP contribution in [0.5, 0.6) is 0 Å². The van der Waals surface area contributed by atoms with Gasteiger partial charge in [-0.15, -0.1) is 0 Å². The molecule has 10 heteroatoms. The van der Waals surface area contributed by atoms with Gasteiger partial charge in [-0.2, -0.15) is 0 Å². The van der Waals surface area contributed by atoms with Crippen LogP contribution in [-0.2, 0) is 12.0 Å². The highest BCUT2D eigenvalue weighted by Gasteiger charge is 2.22. The molecule has 1 amide bonds. The SMILES string of the molecule is C[C@@H](NC(=O)c1ncnc(N)c1CN(C)C)c1cc(-c2nc3ccc(C(C)(C)C)cc3[nH]2)no1. The van der Waals surface area contributed by atoms with E-state index in [4.69, 9.17) is 10.3 Å². The molecule has 0 unspecified atom stereocenters. The predicted molar refractivity (Wildman–Crippen MR) is 130 cm³/mol. The second-order valence-corrected chi connectivity index (χ2v) is 9.70. The van der Waals surface area contributed by atoms with Gasteiger partial charge in [0.1, 0.15) is 23.5 Å². The van der Waals surface area contributed by atoms with Gasteiger partial charge in [0.15, 0.2) is 11.6 Å². The predicted octanol–water partition coefficient (Wildman–Crippen LogP) is 3.44. The van der Waals surface area contributed by atoms with E-state index in [-0.39, 0.29) is 22.8 Å². The van der Waals surface area contributed by atoms with E-state index in [1.54, 1.807) is 6.07 Å². The molecule has 0 aliphatic rings. The van der Waals surface area contributed by atoms with Crippen LogP contribution in [0.25, 0.3) is 22.6 Å². The van der Waals surface area contributed by atoms with Crippen molar-refractivity contribution in [3.63, 3.8) is 0 Å². The Balaban J connectivity index is 1.54. The number of hydrogen-bond acceptors (Lipinski definition) is 8. The largest absolute Gasteiger partial charge is 0.383 e. The highest BCUT2D eigenvalue weighted by molar-refractivity contribution is 5.94. The molecule has 10 nitrogen and oxygen atoms in total. The molecule has 4 aromatic rings. The number of carbonyl (C=O) groups excluding carboxylic acids is 1. The van der Waals surface area contributed by atoms with Gasteiger partial charge in [0, 0.05) is 18.2 Å². The van der Waals surface area contributed by atoms with Crippen molar-refractivity contribution in [2.24, 2.45) is 0 Å². The Kier molecular flexibility index (Phi) is 6.09. The third kappa shape index (κ3) is 4.76. The monoisotopic (exact) mass is 462 g/mol. The number of nitrogens with zero attached hydrogens (tertiary/aromatic N) is 5. The maximum Gasteiger partial charge on any atom is 0.271 e. The summed E-state index contributed by atoms with van der Waals surface area (Å²) in [7, 11) is 3.77. The highest BCUT2D eigenvalue weighted by Crippen LogP contribution is 2.28. The molecule has 0 radical (unpaired) electrons. The van der Waals surface area contributed by atoms with Crippen molar-refractivity contribution >= 4 is 22.8 Å². The molecular formula is C24H30N8O2. The normalized spacial score (nSPS) is 12.9. The number of nitrogens with two attached hydrogens (primary N) is 1. The number of nitrogens with one attached hydrogen (secondary N) is 2. The van der Waals surface area contributed by atoms with Crippen LogP contribution in [-0.4, -0.2) is 50.0 Å². The molecule has 0 fully saturated rings. The molecule has 34 heavy (non-hydrogen) atoms. The molecule has 4 rings (SSSR count). The number of anilines is 1. The number of hydrogen-bond donors (Lipinski definition) is 3. The smallest absolute Gasteiger partial charge is 0.271 e. The first-order valence-electron chi connectivity index (χ1n) is 11.0. The Morgan fingerprint density at radius 3 is 2.71 bits per heavy atom. The van der Waals surface area contributed by atoms with Gasteiger partial charge >= 0.3 is 0 Å². The summed E-state index contributed by atoms with van der Waals surface area (Å²) in [4.78, 5) is 30.9. The lowest BCUT2D eigenvalue weighted by atomic mass is 9.87. The summed E-state index contributed by atoms with van der Waals surface area (Å²) < 4.78 is 5.52. The quantitative estimate of drug-likeness (QED) is 0.396. The fourth-order valence-electron chi connectivity index (χ4n) is 3.63. The van der Waals surface area contributed by atoms with E-state index >= 15 is 0 Å². The molecule has 4 N–H and O–H groups in total. The summed E-state index contributed by atoms with van der Waals surface area (Å²) in [6.07, 6.45) is 1.28. The van der Waals surface area contributed by atoms with E-state index in [2.05, 4.69) is 63.3 Å². The number of carbonyl (C=O) groups is 1. The summed E-state index contributed by atoms with van der Waals surface area (Å²) in [6, 6.07) is 7.51. The number of fused-ring (bicyclic) bond motifs is 1. The van der Waals surface area contributed by atoms with Crippen molar-refractivity contribution in [1.82, 2.24) is 35.3 Å². The van der Waals surface area contributed by atoms with Crippen molar-refractivity contribution < 1.29 is 9.32 Å². The maximum atomic E-state index is 12.9. The number of benzene rings is 1. The van der Waals surface area contributed by atoms with Crippen LogP contribution >= 0.6 is 0 Å². The average molecular weight is 463 g/mol. The average Bonchev–Trinajstić information content (AvgIpc) is 3.40. The molecule has 3 heterocycles. The zero-order chi connectivity index (χ0) is 24.6. The molecule has 178 valence electrons. The van der Waals surface area contributed by atoms with E-state index < -0.39 is 6.04 Å². The van der Waals surface area contributed by atoms with Crippen molar-refractivity contribution in [3.05, 3.63) is 53.2 Å². The fraction of sp³-hybridized carbons (Fsp3) is 0.375. The third-order valence-electron chi connectivity index (χ3n) is 5.56. The highest BCUT2D eigenvalue weighted by atomic mass is 16.5. The summed E-state index contributed by atoms with van der Waals surface area (Å²) in [5.74, 6) is 1.01. The Morgan fingerprint density at radius 2 is 2.00 bits per heavy atom. The maximum absolute atomic E-state index is 12.9. The van der Waals surface area contributed by atoms with Crippen LogP contribution in [0, 0.1) is 0 Å². The van der Waals surface area contributed by atoms with Crippen molar-refractivity contribution in [2.75, 3.05) is 19.8 Å². The zero-order valence-corrected chi connectivity index (χ0v) is 20.3.